The van der Waals surface area contributed by atoms with Crippen LogP contribution >= 0.6 is 0 Å². The Labute approximate surface area is 171 Å². The third kappa shape index (κ3) is 2.90. The third-order valence-electron chi connectivity index (χ3n) is 6.45. The topological polar surface area (TPSA) is 34.2 Å². The quantitative estimate of drug-likeness (QED) is 0.424. The summed E-state index contributed by atoms with van der Waals surface area (Å²) in [4.78, 5) is 6.57. The first-order chi connectivity index (χ1) is 14.2. The van der Waals surface area contributed by atoms with Crippen LogP contribution in [0.15, 0.2) is 53.9 Å². The van der Waals surface area contributed by atoms with Crippen molar-refractivity contribution >= 4 is 27.4 Å². The maximum absolute atomic E-state index is 5.57. The number of allylic oxidation sites excluding steroid dienone is 1. The zero-order valence-corrected chi connectivity index (χ0v) is 17.2. The first-order valence-corrected chi connectivity index (χ1v) is 10.6. The molecular weight excluding hydrogens is 358 g/mol. The second-order valence-corrected chi connectivity index (χ2v) is 7.87. The van der Waals surface area contributed by atoms with Gasteiger partial charge < -0.3 is 13.9 Å². The Balaban J connectivity index is 1.74. The lowest BCUT2D eigenvalue weighted by atomic mass is 10.0. The molecule has 0 atom stereocenters. The lowest BCUT2D eigenvalue weighted by Crippen LogP contribution is -2.26. The van der Waals surface area contributed by atoms with Crippen molar-refractivity contribution in [2.75, 3.05) is 19.6 Å². The summed E-state index contributed by atoms with van der Waals surface area (Å²) in [6, 6.07) is 11.2. The molecule has 2 aromatic carbocycles. The molecule has 0 saturated carbocycles. The average Bonchev–Trinajstić information content (AvgIpc) is 3.47. The van der Waals surface area contributed by atoms with Crippen LogP contribution in [0.25, 0.3) is 38.7 Å². The summed E-state index contributed by atoms with van der Waals surface area (Å²) in [7, 11) is 0. The predicted molar refractivity (Wildman–Crippen MR) is 120 cm³/mol. The molecule has 4 heteroatoms. The molecule has 0 N–H and O–H groups in total. The van der Waals surface area contributed by atoms with Crippen molar-refractivity contribution in [3.8, 4) is 11.3 Å². The molecule has 5 rings (SSSR count). The van der Waals surface area contributed by atoms with E-state index in [0.29, 0.717) is 0 Å². The van der Waals surface area contributed by atoms with Crippen LogP contribution in [0.1, 0.15) is 31.4 Å². The van der Waals surface area contributed by atoms with E-state index in [9.17, 15) is 0 Å². The second kappa shape index (κ2) is 7.20. The van der Waals surface area contributed by atoms with Gasteiger partial charge in [-0.2, -0.15) is 0 Å². The number of aryl methyl sites for hydroxylation is 1. The number of nitrogens with zero attached hydrogens (tertiary/aromatic N) is 3. The van der Waals surface area contributed by atoms with Crippen LogP contribution in [-0.2, 0) is 13.0 Å². The molecule has 0 radical (unpaired) electrons. The fraction of sp³-hybridized carbons (Fsp3) is 0.320. The minimum atomic E-state index is 0.813. The van der Waals surface area contributed by atoms with E-state index in [1.54, 1.807) is 6.20 Å². The number of likely N-dealkylation sites (N-methyl/N-ethyl adjacent to an activating group) is 1. The van der Waals surface area contributed by atoms with Gasteiger partial charge in [0.2, 0.25) is 0 Å². The van der Waals surface area contributed by atoms with Gasteiger partial charge in [0.25, 0.3) is 0 Å². The van der Waals surface area contributed by atoms with E-state index < -0.39 is 0 Å². The van der Waals surface area contributed by atoms with Gasteiger partial charge in [0, 0.05) is 40.5 Å². The van der Waals surface area contributed by atoms with Gasteiger partial charge in [-0.15, -0.1) is 0 Å². The van der Waals surface area contributed by atoms with Gasteiger partial charge in [0.05, 0.1) is 6.20 Å². The van der Waals surface area contributed by atoms with Gasteiger partial charge in [0.15, 0.2) is 12.2 Å². The van der Waals surface area contributed by atoms with E-state index in [1.165, 1.54) is 44.9 Å². The molecule has 0 saturated heterocycles. The highest BCUT2D eigenvalue weighted by Crippen LogP contribution is 2.41. The lowest BCUT2D eigenvalue weighted by Gasteiger charge is -2.19. The number of hydrogen-bond donors (Lipinski definition) is 0. The summed E-state index contributed by atoms with van der Waals surface area (Å²) < 4.78 is 8.06. The number of rotatable bonds is 6. The largest absolute Gasteiger partial charge is 0.444 e. The van der Waals surface area contributed by atoms with Crippen LogP contribution in [0, 0.1) is 0 Å². The zero-order chi connectivity index (χ0) is 20.0. The van der Waals surface area contributed by atoms with Crippen molar-refractivity contribution in [3.63, 3.8) is 0 Å². The molecule has 1 aliphatic rings. The highest BCUT2D eigenvalue weighted by atomic mass is 16.3. The van der Waals surface area contributed by atoms with Crippen LogP contribution in [0.5, 0.6) is 0 Å². The van der Waals surface area contributed by atoms with Crippen LogP contribution in [-0.4, -0.2) is 34.1 Å². The number of oxazole rings is 1. The van der Waals surface area contributed by atoms with E-state index in [-0.39, 0.29) is 0 Å². The highest BCUT2D eigenvalue weighted by molar-refractivity contribution is 6.12. The van der Waals surface area contributed by atoms with E-state index in [0.717, 1.165) is 50.3 Å². The number of fused-ring (bicyclic) bond motifs is 5. The molecule has 0 aliphatic heterocycles. The van der Waals surface area contributed by atoms with Gasteiger partial charge in [-0.25, -0.2) is 4.98 Å². The molecule has 148 valence electrons. The monoisotopic (exact) mass is 385 g/mol. The minimum Gasteiger partial charge on any atom is -0.444 e. The smallest absolute Gasteiger partial charge is 0.181 e. The van der Waals surface area contributed by atoms with Crippen molar-refractivity contribution in [2.45, 2.75) is 33.2 Å². The van der Waals surface area contributed by atoms with Gasteiger partial charge in [-0.3, -0.25) is 0 Å². The van der Waals surface area contributed by atoms with Crippen molar-refractivity contribution in [3.05, 3.63) is 60.6 Å². The SMILES string of the molecule is C=C1CCc2c1ccc1c2c2cc(-c3cnco3)ccc2n1CCN(CC)CC. The maximum Gasteiger partial charge on any atom is 0.181 e. The molecule has 0 fully saturated rings. The van der Waals surface area contributed by atoms with E-state index >= 15 is 0 Å². The van der Waals surface area contributed by atoms with Crippen LogP contribution in [0.4, 0.5) is 0 Å². The molecule has 0 amide bonds. The van der Waals surface area contributed by atoms with E-state index in [1.807, 2.05) is 0 Å². The summed E-state index contributed by atoms with van der Waals surface area (Å²) in [6.45, 7) is 13.0. The molecule has 2 heterocycles. The first kappa shape index (κ1) is 18.2. The fourth-order valence-corrected chi connectivity index (χ4v) is 4.80. The lowest BCUT2D eigenvalue weighted by molar-refractivity contribution is 0.293. The molecule has 2 aromatic heterocycles. The number of benzene rings is 2. The zero-order valence-electron chi connectivity index (χ0n) is 17.2. The summed E-state index contributed by atoms with van der Waals surface area (Å²) in [5.74, 6) is 0.813. The number of aromatic nitrogens is 2. The second-order valence-electron chi connectivity index (χ2n) is 7.87. The Morgan fingerprint density at radius 1 is 1.10 bits per heavy atom. The fourth-order valence-electron chi connectivity index (χ4n) is 4.80. The maximum atomic E-state index is 5.57. The summed E-state index contributed by atoms with van der Waals surface area (Å²) in [6.07, 6.45) is 5.41. The Kier molecular flexibility index (Phi) is 4.51. The van der Waals surface area contributed by atoms with Crippen molar-refractivity contribution < 1.29 is 4.42 Å². The Morgan fingerprint density at radius 3 is 2.69 bits per heavy atom. The molecule has 4 nitrogen and oxygen atoms in total. The van der Waals surface area contributed by atoms with Gasteiger partial charge in [0.1, 0.15) is 0 Å². The number of hydrogen-bond acceptors (Lipinski definition) is 3. The third-order valence-corrected chi connectivity index (χ3v) is 6.45. The Morgan fingerprint density at radius 2 is 1.93 bits per heavy atom. The normalized spacial score (nSPS) is 13.8. The van der Waals surface area contributed by atoms with Crippen molar-refractivity contribution in [1.29, 1.82) is 0 Å². The van der Waals surface area contributed by atoms with E-state index in [4.69, 9.17) is 4.42 Å². The van der Waals surface area contributed by atoms with Gasteiger partial charge in [-0.05, 0) is 66.9 Å². The molecule has 0 unspecified atom stereocenters. The Bertz CT molecular complexity index is 1200. The first-order valence-electron chi connectivity index (χ1n) is 10.6. The molecule has 4 aromatic rings. The Hall–Kier alpha value is -2.85. The van der Waals surface area contributed by atoms with E-state index in [2.05, 4.69) is 65.2 Å². The van der Waals surface area contributed by atoms with Crippen LogP contribution in [0.3, 0.4) is 0 Å². The average molecular weight is 386 g/mol. The molecular formula is C25H27N3O. The van der Waals surface area contributed by atoms with Crippen LogP contribution < -0.4 is 0 Å². The van der Waals surface area contributed by atoms with Crippen molar-refractivity contribution in [2.24, 2.45) is 0 Å². The molecule has 0 spiro atoms. The molecule has 0 bridgehead atoms. The van der Waals surface area contributed by atoms with Crippen LogP contribution in [0.2, 0.25) is 0 Å². The predicted octanol–water partition coefficient (Wildman–Crippen LogP) is 5.75. The standard InChI is InChI=1S/C25H27N3O/c1-4-27(5-2)12-13-28-22-10-7-18(24-15-26-16-29-24)14-21(22)25-20-8-6-17(3)19(20)9-11-23(25)28/h7,9-11,14-16H,3-6,8,12-13H2,1-2H3. The summed E-state index contributed by atoms with van der Waals surface area (Å²) in [5.41, 5.74) is 7.75. The van der Waals surface area contributed by atoms with Gasteiger partial charge >= 0.3 is 0 Å². The summed E-state index contributed by atoms with van der Waals surface area (Å²) in [5, 5.41) is 2.69. The molecule has 29 heavy (non-hydrogen) atoms. The minimum absolute atomic E-state index is 0.813. The van der Waals surface area contributed by atoms with Gasteiger partial charge in [-0.1, -0.05) is 26.5 Å². The molecule has 1 aliphatic carbocycles. The summed E-state index contributed by atoms with van der Waals surface area (Å²) >= 11 is 0. The van der Waals surface area contributed by atoms with Crippen molar-refractivity contribution in [1.82, 2.24) is 14.5 Å². The highest BCUT2D eigenvalue weighted by Gasteiger charge is 2.22.